The molecule has 152 valence electrons. The van der Waals surface area contributed by atoms with Gasteiger partial charge in [0.15, 0.2) is 0 Å². The lowest BCUT2D eigenvalue weighted by atomic mass is 9.98. The number of carbonyl (C=O) groups is 1. The molecule has 3 rings (SSSR count). The van der Waals surface area contributed by atoms with Gasteiger partial charge in [0, 0.05) is 31.8 Å². The molecule has 27 heavy (non-hydrogen) atoms. The average Bonchev–Trinajstić information content (AvgIpc) is 3.15. The summed E-state index contributed by atoms with van der Waals surface area (Å²) in [7, 11) is -3.14. The molecule has 0 unspecified atom stereocenters. The first-order chi connectivity index (χ1) is 12.4. The van der Waals surface area contributed by atoms with E-state index >= 15 is 0 Å². The SMILES string of the molecule is CS(=O)(=O)N1CC[C@]2(C[C@H](Oc3ccccn3)CO2)C1.O=C(O)C(F)(F)F. The molecule has 12 heteroatoms. The van der Waals surface area contributed by atoms with Crippen LogP contribution in [0.15, 0.2) is 24.4 Å². The number of alkyl halides is 3. The normalized spacial score (nSPS) is 25.9. The minimum absolute atomic E-state index is 0.0654. The van der Waals surface area contributed by atoms with Crippen LogP contribution in [0.2, 0.25) is 0 Å². The molecule has 0 amide bonds. The molecule has 1 spiro atoms. The van der Waals surface area contributed by atoms with Gasteiger partial charge >= 0.3 is 12.1 Å². The summed E-state index contributed by atoms with van der Waals surface area (Å²) in [5.41, 5.74) is -0.386. The third kappa shape index (κ3) is 6.04. The molecule has 3 heterocycles. The first-order valence-electron chi connectivity index (χ1n) is 7.88. The van der Waals surface area contributed by atoms with Crippen LogP contribution in [0, 0.1) is 0 Å². The number of hydrogen-bond donors (Lipinski definition) is 1. The van der Waals surface area contributed by atoms with Gasteiger partial charge in [-0.15, -0.1) is 0 Å². The summed E-state index contributed by atoms with van der Waals surface area (Å²) in [6, 6.07) is 5.51. The van der Waals surface area contributed by atoms with Crippen LogP contribution >= 0.6 is 0 Å². The number of ether oxygens (including phenoxy) is 2. The highest BCUT2D eigenvalue weighted by Gasteiger charge is 2.48. The van der Waals surface area contributed by atoms with Crippen molar-refractivity contribution in [2.24, 2.45) is 0 Å². The third-order valence-corrected chi connectivity index (χ3v) is 5.34. The smallest absolute Gasteiger partial charge is 0.475 e. The quantitative estimate of drug-likeness (QED) is 0.797. The Hall–Kier alpha value is -1.92. The van der Waals surface area contributed by atoms with Crippen molar-refractivity contribution in [2.45, 2.75) is 30.7 Å². The number of aliphatic carboxylic acids is 1. The lowest BCUT2D eigenvalue weighted by molar-refractivity contribution is -0.192. The summed E-state index contributed by atoms with van der Waals surface area (Å²) in [5, 5.41) is 7.12. The fraction of sp³-hybridized carbons (Fsp3) is 0.600. The molecule has 0 bridgehead atoms. The number of aromatic nitrogens is 1. The fourth-order valence-electron chi connectivity index (χ4n) is 2.84. The maximum Gasteiger partial charge on any atom is 0.490 e. The zero-order valence-electron chi connectivity index (χ0n) is 14.3. The van der Waals surface area contributed by atoms with Crippen LogP contribution in [0.1, 0.15) is 12.8 Å². The maximum atomic E-state index is 11.6. The van der Waals surface area contributed by atoms with E-state index in [1.165, 1.54) is 10.6 Å². The molecule has 1 N–H and O–H groups in total. The average molecular weight is 412 g/mol. The fourth-order valence-corrected chi connectivity index (χ4v) is 3.73. The number of rotatable bonds is 3. The number of hydrogen-bond acceptors (Lipinski definition) is 6. The highest BCUT2D eigenvalue weighted by atomic mass is 32.2. The van der Waals surface area contributed by atoms with E-state index in [2.05, 4.69) is 4.98 Å². The van der Waals surface area contributed by atoms with Crippen LogP contribution in [0.5, 0.6) is 5.88 Å². The van der Waals surface area contributed by atoms with Crippen molar-refractivity contribution in [2.75, 3.05) is 26.0 Å². The number of carboxylic acid groups (broad SMARTS) is 1. The van der Waals surface area contributed by atoms with Crippen LogP contribution in [-0.4, -0.2) is 72.6 Å². The molecule has 2 aliphatic heterocycles. The van der Waals surface area contributed by atoms with Crippen LogP contribution in [0.3, 0.4) is 0 Å². The van der Waals surface area contributed by atoms with E-state index in [0.29, 0.717) is 32.0 Å². The predicted molar refractivity (Wildman–Crippen MR) is 86.7 cm³/mol. The minimum atomic E-state index is -5.08. The predicted octanol–water partition coefficient (Wildman–Crippen LogP) is 1.29. The van der Waals surface area contributed by atoms with Crippen molar-refractivity contribution >= 4 is 16.0 Å². The number of pyridine rings is 1. The van der Waals surface area contributed by atoms with Crippen molar-refractivity contribution in [3.05, 3.63) is 24.4 Å². The number of carboxylic acids is 1. The third-order valence-electron chi connectivity index (χ3n) is 4.09. The molecule has 2 saturated heterocycles. The molecule has 0 aromatic carbocycles. The van der Waals surface area contributed by atoms with Gasteiger partial charge in [-0.25, -0.2) is 18.2 Å². The van der Waals surface area contributed by atoms with Crippen molar-refractivity contribution in [3.63, 3.8) is 0 Å². The van der Waals surface area contributed by atoms with Crippen LogP contribution in [0.25, 0.3) is 0 Å². The van der Waals surface area contributed by atoms with Gasteiger partial charge in [0.1, 0.15) is 6.10 Å². The molecule has 0 radical (unpaired) electrons. The van der Waals surface area contributed by atoms with E-state index in [1.807, 2.05) is 18.2 Å². The topological polar surface area (TPSA) is 106 Å². The Bertz CT molecular complexity index is 759. The minimum Gasteiger partial charge on any atom is -0.475 e. The summed E-state index contributed by atoms with van der Waals surface area (Å²) in [6.45, 7) is 1.43. The Morgan fingerprint density at radius 2 is 2.11 bits per heavy atom. The van der Waals surface area contributed by atoms with Gasteiger partial charge in [-0.2, -0.15) is 17.5 Å². The van der Waals surface area contributed by atoms with Gasteiger partial charge in [-0.1, -0.05) is 6.07 Å². The van der Waals surface area contributed by atoms with E-state index in [1.54, 1.807) is 6.20 Å². The monoisotopic (exact) mass is 412 g/mol. The summed E-state index contributed by atoms with van der Waals surface area (Å²) in [4.78, 5) is 13.0. The Kier molecular flexibility index (Phi) is 6.32. The van der Waals surface area contributed by atoms with Crippen LogP contribution in [-0.2, 0) is 19.6 Å². The molecule has 1 aromatic heterocycles. The molecular weight excluding hydrogens is 393 g/mol. The van der Waals surface area contributed by atoms with E-state index in [-0.39, 0.29) is 11.7 Å². The zero-order chi connectivity index (χ0) is 20.3. The molecule has 2 aliphatic rings. The summed E-state index contributed by atoms with van der Waals surface area (Å²) in [6.07, 6.45) is -0.799. The molecule has 0 aliphatic carbocycles. The maximum absolute atomic E-state index is 11.6. The van der Waals surface area contributed by atoms with E-state index < -0.39 is 22.2 Å². The van der Waals surface area contributed by atoms with E-state index in [9.17, 15) is 21.6 Å². The van der Waals surface area contributed by atoms with Crippen LogP contribution in [0.4, 0.5) is 13.2 Å². The van der Waals surface area contributed by atoms with Gasteiger partial charge in [-0.3, -0.25) is 0 Å². The van der Waals surface area contributed by atoms with Gasteiger partial charge in [0.2, 0.25) is 15.9 Å². The zero-order valence-corrected chi connectivity index (χ0v) is 15.2. The van der Waals surface area contributed by atoms with Crippen LogP contribution < -0.4 is 4.74 Å². The molecule has 2 fully saturated rings. The van der Waals surface area contributed by atoms with Gasteiger partial charge < -0.3 is 14.6 Å². The summed E-state index contributed by atoms with van der Waals surface area (Å²) < 4.78 is 68.0. The van der Waals surface area contributed by atoms with Gasteiger partial charge in [0.25, 0.3) is 0 Å². The molecule has 2 atom stereocenters. The van der Waals surface area contributed by atoms with Gasteiger partial charge in [-0.05, 0) is 12.5 Å². The first kappa shape index (κ1) is 21.4. The van der Waals surface area contributed by atoms with Crippen molar-refractivity contribution < 1.29 is 41.0 Å². The van der Waals surface area contributed by atoms with Crippen molar-refractivity contribution in [1.29, 1.82) is 0 Å². The van der Waals surface area contributed by atoms with E-state index in [4.69, 9.17) is 19.4 Å². The molecule has 0 saturated carbocycles. The van der Waals surface area contributed by atoms with Crippen molar-refractivity contribution in [3.8, 4) is 5.88 Å². The Morgan fingerprint density at radius 3 is 2.59 bits per heavy atom. The Labute approximate surface area is 153 Å². The first-order valence-corrected chi connectivity index (χ1v) is 9.73. The highest BCUT2D eigenvalue weighted by Crippen LogP contribution is 2.37. The second kappa shape index (κ2) is 7.98. The summed E-state index contributed by atoms with van der Waals surface area (Å²) in [5.74, 6) is -2.18. The van der Waals surface area contributed by atoms with Crippen molar-refractivity contribution in [1.82, 2.24) is 9.29 Å². The summed E-state index contributed by atoms with van der Waals surface area (Å²) >= 11 is 0. The molecule has 8 nitrogen and oxygen atoms in total. The Balaban J connectivity index is 0.000000321. The van der Waals surface area contributed by atoms with E-state index in [0.717, 1.165) is 6.42 Å². The number of sulfonamides is 1. The molecular formula is C15H19F3N2O6S. The van der Waals surface area contributed by atoms with Gasteiger partial charge in [0.05, 0.1) is 18.5 Å². The number of nitrogens with zero attached hydrogens (tertiary/aromatic N) is 2. The molecule has 1 aromatic rings. The standard InChI is InChI=1S/C13H18N2O4S.C2HF3O2/c1-20(16,17)15-7-5-13(10-15)8-11(9-18-13)19-12-4-2-3-6-14-12;3-2(4,5)1(6)7/h2-4,6,11H,5,7-10H2,1H3;(H,6,7)/t11-,13-;/m0./s1. The largest absolute Gasteiger partial charge is 0.490 e. The lowest BCUT2D eigenvalue weighted by Gasteiger charge is -2.22. The second-order valence-corrected chi connectivity index (χ2v) is 8.24. The number of halogens is 3. The Morgan fingerprint density at radius 1 is 1.44 bits per heavy atom. The second-order valence-electron chi connectivity index (χ2n) is 6.26. The highest BCUT2D eigenvalue weighted by molar-refractivity contribution is 7.88. The lowest BCUT2D eigenvalue weighted by Crippen LogP contribution is -2.35.